The number of fused-ring (bicyclic) bond motifs is 1. The van der Waals surface area contributed by atoms with Crippen LogP contribution in [0.25, 0.3) is 0 Å². The molecular formula is C9H10BrClN2. The van der Waals surface area contributed by atoms with Crippen LogP contribution < -0.4 is 10.2 Å². The van der Waals surface area contributed by atoms with Gasteiger partial charge in [0.15, 0.2) is 0 Å². The molecule has 0 unspecified atom stereocenters. The maximum absolute atomic E-state index is 6.01. The summed E-state index contributed by atoms with van der Waals surface area (Å²) >= 11 is 9.41. The van der Waals surface area contributed by atoms with Crippen LogP contribution in [-0.4, -0.2) is 13.2 Å². The smallest absolute Gasteiger partial charge is 0.0877 e. The lowest BCUT2D eigenvalue weighted by Gasteiger charge is -2.14. The number of halogens is 2. The zero-order valence-corrected chi connectivity index (χ0v) is 9.61. The Kier molecular flexibility index (Phi) is 2.39. The van der Waals surface area contributed by atoms with Gasteiger partial charge in [0.05, 0.1) is 23.1 Å². The first-order chi connectivity index (χ1) is 6.22. The summed E-state index contributed by atoms with van der Waals surface area (Å²) in [5, 5.41) is 4.07. The molecule has 0 saturated carbocycles. The third-order valence-corrected chi connectivity index (χ3v) is 3.42. The predicted molar refractivity (Wildman–Crippen MR) is 60.7 cm³/mol. The van der Waals surface area contributed by atoms with E-state index in [0.717, 1.165) is 28.4 Å². The molecule has 1 aromatic rings. The fourth-order valence-corrected chi connectivity index (χ4v) is 1.99. The molecule has 0 spiro atoms. The first-order valence-electron chi connectivity index (χ1n) is 4.20. The molecule has 0 bridgehead atoms. The Morgan fingerprint density at radius 1 is 1.62 bits per heavy atom. The van der Waals surface area contributed by atoms with Crippen molar-refractivity contribution in [1.82, 2.24) is 0 Å². The van der Waals surface area contributed by atoms with Crippen LogP contribution in [0.3, 0.4) is 0 Å². The Balaban J connectivity index is 2.47. The van der Waals surface area contributed by atoms with Gasteiger partial charge in [0.25, 0.3) is 0 Å². The minimum atomic E-state index is 0.765. The number of nitrogens with one attached hydrogen (secondary N) is 1. The van der Waals surface area contributed by atoms with Crippen molar-refractivity contribution in [2.24, 2.45) is 0 Å². The molecule has 0 aliphatic carbocycles. The van der Waals surface area contributed by atoms with Crippen LogP contribution in [0.5, 0.6) is 0 Å². The number of benzene rings is 1. The summed E-state index contributed by atoms with van der Waals surface area (Å²) < 4.78 is 0.943. The second-order valence-electron chi connectivity index (χ2n) is 2.97. The number of anilines is 2. The van der Waals surface area contributed by atoms with Gasteiger partial charge < -0.3 is 10.2 Å². The monoisotopic (exact) mass is 260 g/mol. The molecule has 1 aliphatic heterocycles. The normalized spacial score (nSPS) is 14.2. The van der Waals surface area contributed by atoms with Crippen LogP contribution in [0.4, 0.5) is 11.4 Å². The largest absolute Gasteiger partial charge is 0.366 e. The molecule has 1 aromatic carbocycles. The Labute approximate surface area is 91.0 Å². The Bertz CT molecular complexity index is 341. The van der Waals surface area contributed by atoms with Crippen molar-refractivity contribution < 1.29 is 0 Å². The van der Waals surface area contributed by atoms with Crippen molar-refractivity contribution in [2.45, 2.75) is 6.92 Å². The van der Waals surface area contributed by atoms with E-state index in [9.17, 15) is 0 Å². The molecule has 0 aromatic heterocycles. The van der Waals surface area contributed by atoms with Crippen LogP contribution in [0.1, 0.15) is 6.92 Å². The van der Waals surface area contributed by atoms with E-state index in [2.05, 4.69) is 33.1 Å². The third kappa shape index (κ3) is 1.51. The van der Waals surface area contributed by atoms with Gasteiger partial charge in [-0.15, -0.1) is 0 Å². The molecule has 1 heterocycles. The summed E-state index contributed by atoms with van der Waals surface area (Å²) in [7, 11) is 0. The van der Waals surface area contributed by atoms with Gasteiger partial charge in [0.1, 0.15) is 0 Å². The van der Waals surface area contributed by atoms with Crippen LogP contribution in [0, 0.1) is 0 Å². The van der Waals surface area contributed by atoms with Gasteiger partial charge >= 0.3 is 0 Å². The van der Waals surface area contributed by atoms with E-state index in [0.29, 0.717) is 0 Å². The number of rotatable bonds is 1. The van der Waals surface area contributed by atoms with Crippen molar-refractivity contribution in [2.75, 3.05) is 23.4 Å². The summed E-state index contributed by atoms with van der Waals surface area (Å²) in [6.45, 7) is 4.00. The van der Waals surface area contributed by atoms with Crippen LogP contribution >= 0.6 is 27.5 Å². The zero-order valence-electron chi connectivity index (χ0n) is 7.27. The maximum atomic E-state index is 6.01. The second-order valence-corrected chi connectivity index (χ2v) is 4.24. The van der Waals surface area contributed by atoms with Crippen LogP contribution in [-0.2, 0) is 0 Å². The van der Waals surface area contributed by atoms with E-state index in [4.69, 9.17) is 11.6 Å². The Hall–Kier alpha value is -0.410. The fourth-order valence-electron chi connectivity index (χ4n) is 1.49. The average Bonchev–Trinajstić information content (AvgIpc) is 2.48. The third-order valence-electron chi connectivity index (χ3n) is 2.22. The van der Waals surface area contributed by atoms with Gasteiger partial charge in [-0.05, 0) is 35.0 Å². The van der Waals surface area contributed by atoms with Gasteiger partial charge in [0.2, 0.25) is 0 Å². The molecule has 2 nitrogen and oxygen atoms in total. The minimum absolute atomic E-state index is 0.765. The molecule has 0 amide bonds. The molecule has 70 valence electrons. The van der Waals surface area contributed by atoms with Gasteiger partial charge in [-0.2, -0.15) is 0 Å². The van der Waals surface area contributed by atoms with Gasteiger partial charge in [-0.1, -0.05) is 11.6 Å². The van der Waals surface area contributed by atoms with Crippen LogP contribution in [0.2, 0.25) is 5.02 Å². The molecule has 0 fully saturated rings. The first-order valence-corrected chi connectivity index (χ1v) is 5.37. The highest BCUT2D eigenvalue weighted by Crippen LogP contribution is 2.37. The van der Waals surface area contributed by atoms with Crippen molar-refractivity contribution in [3.8, 4) is 0 Å². The lowest BCUT2D eigenvalue weighted by atomic mass is 10.2. The van der Waals surface area contributed by atoms with E-state index in [1.807, 2.05) is 12.1 Å². The molecule has 13 heavy (non-hydrogen) atoms. The van der Waals surface area contributed by atoms with Crippen molar-refractivity contribution in [3.05, 3.63) is 21.6 Å². The molecule has 0 radical (unpaired) electrons. The number of nitrogens with zero attached hydrogens (tertiary/aromatic N) is 1. The summed E-state index contributed by atoms with van der Waals surface area (Å²) in [6.07, 6.45) is 0. The maximum Gasteiger partial charge on any atom is 0.0877 e. The van der Waals surface area contributed by atoms with E-state index >= 15 is 0 Å². The molecule has 1 aliphatic rings. The highest BCUT2D eigenvalue weighted by molar-refractivity contribution is 9.10. The van der Waals surface area contributed by atoms with Crippen molar-refractivity contribution in [1.29, 1.82) is 0 Å². The first kappa shape index (κ1) is 9.16. The van der Waals surface area contributed by atoms with Crippen LogP contribution in [0.15, 0.2) is 16.6 Å². The summed E-state index contributed by atoms with van der Waals surface area (Å²) in [5.41, 5.74) is 2.34. The van der Waals surface area contributed by atoms with Crippen molar-refractivity contribution in [3.63, 3.8) is 0 Å². The van der Waals surface area contributed by atoms with Gasteiger partial charge in [0, 0.05) is 11.0 Å². The van der Waals surface area contributed by atoms with E-state index < -0.39 is 0 Å². The van der Waals surface area contributed by atoms with Crippen molar-refractivity contribution >= 4 is 38.9 Å². The SMILES string of the molecule is CCN1CNc2cc(Br)c(Cl)cc21. The highest BCUT2D eigenvalue weighted by Gasteiger charge is 2.18. The van der Waals surface area contributed by atoms with Gasteiger partial charge in [-0.3, -0.25) is 0 Å². The Morgan fingerprint density at radius 3 is 3.08 bits per heavy atom. The molecule has 0 atom stereocenters. The van der Waals surface area contributed by atoms with E-state index in [-0.39, 0.29) is 0 Å². The summed E-state index contributed by atoms with van der Waals surface area (Å²) in [5.74, 6) is 0. The van der Waals surface area contributed by atoms with E-state index in [1.165, 1.54) is 5.69 Å². The quantitative estimate of drug-likeness (QED) is 0.834. The van der Waals surface area contributed by atoms with E-state index in [1.54, 1.807) is 0 Å². The molecular weight excluding hydrogens is 251 g/mol. The number of hydrogen-bond acceptors (Lipinski definition) is 2. The van der Waals surface area contributed by atoms with Gasteiger partial charge in [-0.25, -0.2) is 0 Å². The predicted octanol–water partition coefficient (Wildman–Crippen LogP) is 3.31. The molecule has 4 heteroatoms. The topological polar surface area (TPSA) is 15.3 Å². The lowest BCUT2D eigenvalue weighted by Crippen LogP contribution is -2.21. The summed E-state index contributed by atoms with van der Waals surface area (Å²) in [6, 6.07) is 4.01. The lowest BCUT2D eigenvalue weighted by molar-refractivity contribution is 0.911. The standard InChI is InChI=1S/C9H10BrClN2/c1-2-13-5-12-8-3-6(10)7(11)4-9(8)13/h3-4,12H,2,5H2,1H3. The summed E-state index contributed by atoms with van der Waals surface area (Å²) in [4.78, 5) is 2.24. The second kappa shape index (κ2) is 3.39. The zero-order chi connectivity index (χ0) is 9.42. The molecule has 2 rings (SSSR count). The number of hydrogen-bond donors (Lipinski definition) is 1. The average molecular weight is 262 g/mol. The fraction of sp³-hybridized carbons (Fsp3) is 0.333. The minimum Gasteiger partial charge on any atom is -0.366 e. The Morgan fingerprint density at radius 2 is 2.38 bits per heavy atom. The molecule has 1 N–H and O–H groups in total. The highest BCUT2D eigenvalue weighted by atomic mass is 79.9. The molecule has 0 saturated heterocycles.